The third kappa shape index (κ3) is 2.89. The van der Waals surface area contributed by atoms with Gasteiger partial charge in [0.15, 0.2) is 0 Å². The highest BCUT2D eigenvalue weighted by Gasteiger charge is 2.21. The number of nitrogens with zero attached hydrogens (tertiary/aromatic N) is 1. The minimum Gasteiger partial charge on any atom is -0.508 e. The molecule has 0 aliphatic heterocycles. The predicted molar refractivity (Wildman–Crippen MR) is 73.8 cm³/mol. The lowest BCUT2D eigenvalue weighted by Gasteiger charge is -2.17. The topological polar surface area (TPSA) is 90.5 Å². The van der Waals surface area contributed by atoms with E-state index in [0.29, 0.717) is 5.56 Å². The quantitative estimate of drug-likeness (QED) is 0.876. The van der Waals surface area contributed by atoms with Crippen LogP contribution < -0.4 is 5.56 Å². The summed E-state index contributed by atoms with van der Waals surface area (Å²) in [7, 11) is -2.31. The minimum atomic E-state index is -3.72. The number of sulfonamides is 1. The van der Waals surface area contributed by atoms with Crippen molar-refractivity contribution in [1.29, 1.82) is 0 Å². The van der Waals surface area contributed by atoms with Gasteiger partial charge in [-0.25, -0.2) is 8.42 Å². The second kappa shape index (κ2) is 5.48. The van der Waals surface area contributed by atoms with Crippen LogP contribution in [0.5, 0.6) is 5.75 Å². The molecule has 0 bridgehead atoms. The first kappa shape index (κ1) is 14.3. The monoisotopic (exact) mass is 294 g/mol. The Labute approximate surface area is 116 Å². The smallest absolute Gasteiger partial charge is 0.247 e. The molecule has 1 heterocycles. The average molecular weight is 294 g/mol. The van der Waals surface area contributed by atoms with E-state index in [9.17, 15) is 18.3 Å². The number of phenolic OH excluding ortho intramolecular Hbond substituents is 1. The summed E-state index contributed by atoms with van der Waals surface area (Å²) in [5.41, 5.74) is 0.135. The standard InChI is InChI=1S/C13H14N2O4S/c1-15(9-10-4-2-3-5-12(10)16)20(18,19)11-6-7-13(17)14-8-11/h2-8,16H,9H2,1H3,(H,14,17). The zero-order valence-electron chi connectivity index (χ0n) is 10.8. The fourth-order valence-corrected chi connectivity index (χ4v) is 2.82. The number of phenols is 1. The van der Waals surface area contributed by atoms with Gasteiger partial charge in [0.05, 0.1) is 4.90 Å². The Morgan fingerprint density at radius 3 is 2.50 bits per heavy atom. The van der Waals surface area contributed by atoms with Crippen LogP contribution in [-0.2, 0) is 16.6 Å². The summed E-state index contributed by atoms with van der Waals surface area (Å²) in [4.78, 5) is 13.3. The second-order valence-electron chi connectivity index (χ2n) is 4.28. The van der Waals surface area contributed by atoms with Crippen molar-refractivity contribution in [2.45, 2.75) is 11.4 Å². The molecule has 2 N–H and O–H groups in total. The Morgan fingerprint density at radius 2 is 1.90 bits per heavy atom. The molecule has 0 fully saturated rings. The average Bonchev–Trinajstić information content (AvgIpc) is 2.41. The van der Waals surface area contributed by atoms with Gasteiger partial charge < -0.3 is 10.1 Å². The van der Waals surface area contributed by atoms with E-state index < -0.39 is 10.0 Å². The third-order valence-corrected chi connectivity index (χ3v) is 4.65. The minimum absolute atomic E-state index is 0.00461. The van der Waals surface area contributed by atoms with Crippen LogP contribution >= 0.6 is 0 Å². The highest BCUT2D eigenvalue weighted by Crippen LogP contribution is 2.20. The maximum atomic E-state index is 12.3. The summed E-state index contributed by atoms with van der Waals surface area (Å²) in [6.45, 7) is 0.0358. The molecule has 2 rings (SSSR count). The molecule has 0 radical (unpaired) electrons. The van der Waals surface area contributed by atoms with E-state index in [1.165, 1.54) is 19.2 Å². The molecule has 0 unspecified atom stereocenters. The molecule has 0 aliphatic carbocycles. The van der Waals surface area contributed by atoms with Crippen LogP contribution in [0.15, 0.2) is 52.3 Å². The lowest BCUT2D eigenvalue weighted by molar-refractivity contribution is 0.435. The maximum Gasteiger partial charge on any atom is 0.247 e. The molecule has 106 valence electrons. The summed E-state index contributed by atoms with van der Waals surface area (Å²) in [6, 6.07) is 8.92. The fourth-order valence-electron chi connectivity index (χ4n) is 1.71. The van der Waals surface area contributed by atoms with Crippen molar-refractivity contribution in [3.63, 3.8) is 0 Å². The highest BCUT2D eigenvalue weighted by molar-refractivity contribution is 7.89. The van der Waals surface area contributed by atoms with Crippen LogP contribution in [0.2, 0.25) is 0 Å². The first-order valence-electron chi connectivity index (χ1n) is 5.83. The zero-order valence-corrected chi connectivity index (χ0v) is 11.6. The van der Waals surface area contributed by atoms with Crippen LogP contribution in [0.3, 0.4) is 0 Å². The van der Waals surface area contributed by atoms with E-state index in [1.807, 2.05) is 0 Å². The number of aromatic amines is 1. The van der Waals surface area contributed by atoms with Gasteiger partial charge >= 0.3 is 0 Å². The van der Waals surface area contributed by atoms with E-state index in [2.05, 4.69) is 4.98 Å². The molecule has 0 amide bonds. The number of hydrogen-bond donors (Lipinski definition) is 2. The van der Waals surface area contributed by atoms with Crippen LogP contribution in [0, 0.1) is 0 Å². The van der Waals surface area contributed by atoms with Crippen molar-refractivity contribution < 1.29 is 13.5 Å². The zero-order chi connectivity index (χ0) is 14.8. The lowest BCUT2D eigenvalue weighted by atomic mass is 10.2. The van der Waals surface area contributed by atoms with Crippen LogP contribution in [0.25, 0.3) is 0 Å². The number of aromatic hydroxyl groups is 1. The molecule has 0 saturated carbocycles. The van der Waals surface area contributed by atoms with Crippen molar-refractivity contribution >= 4 is 10.0 Å². The van der Waals surface area contributed by atoms with Gasteiger partial charge in [-0.1, -0.05) is 18.2 Å². The summed E-state index contributed by atoms with van der Waals surface area (Å²) in [6.07, 6.45) is 1.15. The molecule has 20 heavy (non-hydrogen) atoms. The molecule has 6 nitrogen and oxygen atoms in total. The highest BCUT2D eigenvalue weighted by atomic mass is 32.2. The normalized spacial score (nSPS) is 11.7. The first-order valence-corrected chi connectivity index (χ1v) is 7.27. The largest absolute Gasteiger partial charge is 0.508 e. The van der Waals surface area contributed by atoms with Crippen LogP contribution in [0.4, 0.5) is 0 Å². The Kier molecular flexibility index (Phi) is 3.91. The van der Waals surface area contributed by atoms with Crippen molar-refractivity contribution in [3.8, 4) is 5.75 Å². The van der Waals surface area contributed by atoms with Gasteiger partial charge in [0, 0.05) is 31.4 Å². The molecule has 0 aliphatic rings. The van der Waals surface area contributed by atoms with Crippen molar-refractivity contribution in [2.75, 3.05) is 7.05 Å². The number of aromatic nitrogens is 1. The molecule has 0 saturated heterocycles. The van der Waals surface area contributed by atoms with Crippen LogP contribution in [-0.4, -0.2) is 29.9 Å². The Bertz CT molecular complexity index is 747. The fraction of sp³-hybridized carbons (Fsp3) is 0.154. The molecule has 0 atom stereocenters. The van der Waals surface area contributed by atoms with Gasteiger partial charge in [-0.05, 0) is 12.1 Å². The molecular formula is C13H14N2O4S. The third-order valence-electron chi connectivity index (χ3n) is 2.85. The van der Waals surface area contributed by atoms with Gasteiger partial charge in [-0.2, -0.15) is 4.31 Å². The van der Waals surface area contributed by atoms with E-state index in [0.717, 1.165) is 16.6 Å². The van der Waals surface area contributed by atoms with Gasteiger partial charge in [0.1, 0.15) is 5.75 Å². The number of para-hydroxylation sites is 1. The molecule has 1 aromatic heterocycles. The van der Waals surface area contributed by atoms with Crippen molar-refractivity contribution in [1.82, 2.24) is 9.29 Å². The Hall–Kier alpha value is -2.12. The van der Waals surface area contributed by atoms with Gasteiger partial charge in [0.2, 0.25) is 15.6 Å². The Balaban J connectivity index is 2.28. The number of rotatable bonds is 4. The molecular weight excluding hydrogens is 280 g/mol. The van der Waals surface area contributed by atoms with Crippen molar-refractivity contribution in [3.05, 3.63) is 58.5 Å². The van der Waals surface area contributed by atoms with Crippen molar-refractivity contribution in [2.24, 2.45) is 0 Å². The van der Waals surface area contributed by atoms with Crippen LogP contribution in [0.1, 0.15) is 5.56 Å². The molecule has 1 aromatic carbocycles. The number of benzene rings is 1. The maximum absolute atomic E-state index is 12.3. The summed E-state index contributed by atoms with van der Waals surface area (Å²) in [5.74, 6) is 0.0380. The SMILES string of the molecule is CN(Cc1ccccc1O)S(=O)(=O)c1ccc(=O)[nH]c1. The van der Waals surface area contributed by atoms with Gasteiger partial charge in [-0.3, -0.25) is 4.79 Å². The molecule has 2 aromatic rings. The lowest BCUT2D eigenvalue weighted by Crippen LogP contribution is -2.27. The van der Waals surface area contributed by atoms with E-state index in [4.69, 9.17) is 0 Å². The van der Waals surface area contributed by atoms with E-state index in [1.54, 1.807) is 18.2 Å². The number of hydrogen-bond acceptors (Lipinski definition) is 4. The molecule has 7 heteroatoms. The summed E-state index contributed by atoms with van der Waals surface area (Å²) in [5, 5.41) is 9.66. The van der Waals surface area contributed by atoms with E-state index in [-0.39, 0.29) is 22.7 Å². The molecule has 0 spiro atoms. The first-order chi connectivity index (χ1) is 9.41. The van der Waals surface area contributed by atoms with E-state index >= 15 is 0 Å². The predicted octanol–water partition coefficient (Wildman–Crippen LogP) is 0.901. The summed E-state index contributed by atoms with van der Waals surface area (Å²) < 4.78 is 25.7. The number of H-pyrrole nitrogens is 1. The van der Waals surface area contributed by atoms with Gasteiger partial charge in [-0.15, -0.1) is 0 Å². The van der Waals surface area contributed by atoms with Gasteiger partial charge in [0.25, 0.3) is 0 Å². The number of pyridine rings is 1. The summed E-state index contributed by atoms with van der Waals surface area (Å²) >= 11 is 0. The number of nitrogens with one attached hydrogen (secondary N) is 1. The Morgan fingerprint density at radius 1 is 1.20 bits per heavy atom. The second-order valence-corrected chi connectivity index (χ2v) is 6.32.